The van der Waals surface area contributed by atoms with Crippen LogP contribution < -0.4 is 80.2 Å². The topological polar surface area (TPSA) is 137 Å². The fourth-order valence-electron chi connectivity index (χ4n) is 2.11. The van der Waals surface area contributed by atoms with Crippen LogP contribution in [0.1, 0.15) is 24.6 Å². The van der Waals surface area contributed by atoms with Crippen molar-refractivity contribution in [1.82, 2.24) is 9.55 Å². The molecule has 1 aromatic rings. The fraction of sp³-hybridized carbons (Fsp3) is 0.636. The van der Waals surface area contributed by atoms with Gasteiger partial charge in [-0.1, -0.05) is 0 Å². The number of hydrogen-bond acceptors (Lipinski definition) is 7. The van der Waals surface area contributed by atoms with Gasteiger partial charge in [0.25, 0.3) is 5.56 Å². The minimum absolute atomic E-state index is 0. The summed E-state index contributed by atoms with van der Waals surface area (Å²) in [6, 6.07) is 0. The van der Waals surface area contributed by atoms with Gasteiger partial charge in [-0.25, -0.2) is 4.79 Å². The van der Waals surface area contributed by atoms with Gasteiger partial charge in [0.2, 0.25) is 0 Å². The van der Waals surface area contributed by atoms with Gasteiger partial charge in [0.15, 0.2) is 0 Å². The molecule has 0 aromatic carbocycles. The number of aryl methyl sites for hydroxylation is 1. The first-order chi connectivity index (χ1) is 9.76. The van der Waals surface area contributed by atoms with E-state index in [1.54, 1.807) is 6.92 Å². The van der Waals surface area contributed by atoms with E-state index in [4.69, 9.17) is 9.47 Å². The van der Waals surface area contributed by atoms with E-state index < -0.39 is 37.5 Å². The predicted octanol–water partition coefficient (Wildman–Crippen LogP) is -7.58. The molecule has 0 spiro atoms. The molecular formula is C11H15N2Na2O7P. The van der Waals surface area contributed by atoms with E-state index in [1.807, 2.05) is 0 Å². The Morgan fingerprint density at radius 1 is 1.39 bits per heavy atom. The van der Waals surface area contributed by atoms with Crippen LogP contribution >= 0.6 is 7.60 Å². The molecular weight excluding hydrogens is 349 g/mol. The number of H-pyrrole nitrogens is 1. The second-order valence-corrected chi connectivity index (χ2v) is 6.36. The zero-order chi connectivity index (χ0) is 15.6. The van der Waals surface area contributed by atoms with Crippen LogP contribution in [0.5, 0.6) is 0 Å². The second kappa shape index (κ2) is 10.0. The molecule has 12 heteroatoms. The van der Waals surface area contributed by atoms with E-state index in [0.29, 0.717) is 18.4 Å². The zero-order valence-electron chi connectivity index (χ0n) is 13.3. The molecule has 1 N–H and O–H groups in total. The standard InChI is InChI=1S/C11H17N2O7P.2Na/c1-7-4-13(11(15)12-10(7)14)9-3-2-8(20-9)5-19-6-21(16,17)18;;/h4,8-9H,2-3,5-6H2,1H3,(H,12,14,15)(H2,16,17,18);;/q;2*+1/p-2/t8-,9+;;/m0../s1. The van der Waals surface area contributed by atoms with Crippen molar-refractivity contribution in [2.45, 2.75) is 32.1 Å². The number of nitrogens with zero attached hydrogens (tertiary/aromatic N) is 1. The minimum Gasteiger partial charge on any atom is -0.809 e. The van der Waals surface area contributed by atoms with E-state index in [1.165, 1.54) is 10.8 Å². The summed E-state index contributed by atoms with van der Waals surface area (Å²) in [5, 5.41) is 0. The third kappa shape index (κ3) is 7.25. The Kier molecular flexibility index (Phi) is 10.4. The van der Waals surface area contributed by atoms with Crippen molar-refractivity contribution in [3.8, 4) is 0 Å². The Bertz CT molecular complexity index is 671. The maximum atomic E-state index is 11.7. The molecule has 1 aromatic heterocycles. The van der Waals surface area contributed by atoms with Gasteiger partial charge in [-0.2, -0.15) is 0 Å². The Hall–Kier alpha value is 0.750. The first kappa shape index (κ1) is 23.8. The number of rotatable bonds is 5. The molecule has 2 heterocycles. The summed E-state index contributed by atoms with van der Waals surface area (Å²) in [4.78, 5) is 46.0. The SMILES string of the molecule is Cc1cn([C@H]2CC[C@@H](COCP(=O)([O-])[O-])O2)c(=O)[nH]c1=O.[Na+].[Na+]. The van der Waals surface area contributed by atoms with Gasteiger partial charge in [-0.05, 0) is 27.4 Å². The summed E-state index contributed by atoms with van der Waals surface area (Å²) in [6.45, 7) is 1.53. The largest absolute Gasteiger partial charge is 1.00 e. The molecule has 0 radical (unpaired) electrons. The Labute approximate surface area is 176 Å². The molecule has 23 heavy (non-hydrogen) atoms. The van der Waals surface area contributed by atoms with Crippen LogP contribution in [0.2, 0.25) is 0 Å². The van der Waals surface area contributed by atoms with Gasteiger partial charge >= 0.3 is 64.8 Å². The summed E-state index contributed by atoms with van der Waals surface area (Å²) >= 11 is 0. The number of aromatic amines is 1. The fourth-order valence-corrected chi connectivity index (χ4v) is 2.44. The summed E-state index contributed by atoms with van der Waals surface area (Å²) in [5.74, 6) is 0. The number of ether oxygens (including phenoxy) is 2. The number of aromatic nitrogens is 2. The second-order valence-electron chi connectivity index (χ2n) is 4.88. The van der Waals surface area contributed by atoms with E-state index >= 15 is 0 Å². The molecule has 1 aliphatic heterocycles. The van der Waals surface area contributed by atoms with Crippen LogP contribution in [0.3, 0.4) is 0 Å². The summed E-state index contributed by atoms with van der Waals surface area (Å²) in [5.41, 5.74) is -0.631. The molecule has 118 valence electrons. The summed E-state index contributed by atoms with van der Waals surface area (Å²) in [6.07, 6.45) is 0.658. The zero-order valence-corrected chi connectivity index (χ0v) is 18.2. The van der Waals surface area contributed by atoms with Gasteiger partial charge < -0.3 is 23.8 Å². The molecule has 1 saturated heterocycles. The van der Waals surface area contributed by atoms with Gasteiger partial charge in [-0.15, -0.1) is 0 Å². The third-order valence-corrected chi connectivity index (χ3v) is 3.59. The monoisotopic (exact) mass is 364 g/mol. The number of nitrogens with one attached hydrogen (secondary N) is 1. The van der Waals surface area contributed by atoms with E-state index in [9.17, 15) is 23.9 Å². The van der Waals surface area contributed by atoms with Crippen molar-refractivity contribution in [1.29, 1.82) is 0 Å². The molecule has 1 aliphatic rings. The minimum atomic E-state index is -4.69. The number of hydrogen-bond donors (Lipinski definition) is 1. The molecule has 0 aliphatic carbocycles. The average Bonchev–Trinajstić information content (AvgIpc) is 2.81. The Morgan fingerprint density at radius 2 is 2.04 bits per heavy atom. The third-order valence-electron chi connectivity index (χ3n) is 3.09. The first-order valence-electron chi connectivity index (χ1n) is 6.32. The normalized spacial score (nSPS) is 20.7. The quantitative estimate of drug-likeness (QED) is 0.405. The van der Waals surface area contributed by atoms with E-state index in [-0.39, 0.29) is 65.7 Å². The maximum absolute atomic E-state index is 11.7. The summed E-state index contributed by atoms with van der Waals surface area (Å²) in [7, 11) is -4.69. The molecule has 0 saturated carbocycles. The van der Waals surface area contributed by atoms with Gasteiger partial charge in [0.05, 0.1) is 19.1 Å². The van der Waals surface area contributed by atoms with Crippen LogP contribution in [0.25, 0.3) is 0 Å². The van der Waals surface area contributed by atoms with Gasteiger partial charge in [0.1, 0.15) is 6.23 Å². The average molecular weight is 364 g/mol. The Morgan fingerprint density at radius 3 is 2.65 bits per heavy atom. The predicted molar refractivity (Wildman–Crippen MR) is 67.6 cm³/mol. The van der Waals surface area contributed by atoms with Crippen molar-refractivity contribution in [3.63, 3.8) is 0 Å². The van der Waals surface area contributed by atoms with Crippen LogP contribution in [0.4, 0.5) is 0 Å². The van der Waals surface area contributed by atoms with Crippen LogP contribution in [0.15, 0.2) is 15.8 Å². The molecule has 0 bridgehead atoms. The van der Waals surface area contributed by atoms with E-state index in [2.05, 4.69) is 4.98 Å². The van der Waals surface area contributed by atoms with Crippen LogP contribution in [-0.4, -0.2) is 28.6 Å². The maximum Gasteiger partial charge on any atom is 1.00 e. The molecule has 2 rings (SSSR count). The van der Waals surface area contributed by atoms with Crippen molar-refractivity contribution in [3.05, 3.63) is 32.6 Å². The molecule has 1 fully saturated rings. The van der Waals surface area contributed by atoms with Crippen LogP contribution in [0, 0.1) is 6.92 Å². The van der Waals surface area contributed by atoms with Crippen molar-refractivity contribution >= 4 is 7.60 Å². The first-order valence-corrected chi connectivity index (χ1v) is 8.05. The van der Waals surface area contributed by atoms with Crippen molar-refractivity contribution < 1.29 is 82.9 Å². The smallest absolute Gasteiger partial charge is 0.809 e. The van der Waals surface area contributed by atoms with Crippen LogP contribution in [-0.2, 0) is 14.0 Å². The molecule has 2 atom stereocenters. The molecule has 0 amide bonds. The van der Waals surface area contributed by atoms with E-state index in [0.717, 1.165) is 0 Å². The summed E-state index contributed by atoms with van der Waals surface area (Å²) < 4.78 is 22.1. The van der Waals surface area contributed by atoms with Gasteiger partial charge in [0, 0.05) is 11.8 Å². The van der Waals surface area contributed by atoms with Crippen molar-refractivity contribution in [2.24, 2.45) is 0 Å². The molecule has 0 unspecified atom stereocenters. The van der Waals surface area contributed by atoms with Crippen molar-refractivity contribution in [2.75, 3.05) is 13.0 Å². The van der Waals surface area contributed by atoms with Gasteiger partial charge in [-0.3, -0.25) is 14.3 Å². The Balaban J connectivity index is 0.00000242. The molecule has 9 nitrogen and oxygen atoms in total.